The Balaban J connectivity index is 1.78. The Hall–Kier alpha value is -2.95. The Bertz CT molecular complexity index is 1210. The molecule has 4 rings (SSSR count). The molecule has 11 heteroatoms. The van der Waals surface area contributed by atoms with Crippen LogP contribution in [0.25, 0.3) is 5.69 Å². The average molecular weight is 485 g/mol. The largest absolute Gasteiger partial charge is 0.416 e. The molecule has 0 fully saturated rings. The van der Waals surface area contributed by atoms with E-state index in [-0.39, 0.29) is 11.9 Å². The molecule has 1 aliphatic heterocycles. The smallest absolute Gasteiger partial charge is 0.306 e. The molecule has 1 aromatic heterocycles. The highest BCUT2D eigenvalue weighted by atomic mass is 32.2. The van der Waals surface area contributed by atoms with Crippen LogP contribution in [0.4, 0.5) is 32.2 Å². The summed E-state index contributed by atoms with van der Waals surface area (Å²) in [5, 5.41) is 7.05. The highest BCUT2D eigenvalue weighted by Gasteiger charge is 2.38. The highest BCUT2D eigenvalue weighted by molar-refractivity contribution is 7.98. The topological polar surface area (TPSA) is 46.9 Å². The number of halogens is 6. The Morgan fingerprint density at radius 2 is 1.61 bits per heavy atom. The zero-order valence-electron chi connectivity index (χ0n) is 17.4. The number of benzene rings is 2. The normalized spacial score (nSPS) is 13.8. The van der Waals surface area contributed by atoms with Crippen LogP contribution >= 0.6 is 11.8 Å². The van der Waals surface area contributed by atoms with E-state index in [9.17, 15) is 31.1 Å². The fourth-order valence-corrected chi connectivity index (χ4v) is 4.66. The van der Waals surface area contributed by atoms with E-state index in [4.69, 9.17) is 0 Å². The second-order valence-corrected chi connectivity index (χ2v) is 8.70. The monoisotopic (exact) mass is 485 g/mol. The zero-order valence-corrected chi connectivity index (χ0v) is 18.2. The molecular weight excluding hydrogens is 468 g/mol. The molecule has 0 spiro atoms. The molecule has 0 aliphatic carbocycles. The van der Waals surface area contributed by atoms with E-state index >= 15 is 0 Å². The van der Waals surface area contributed by atoms with E-state index < -0.39 is 35.0 Å². The number of nitrogens with one attached hydrogen (secondary N) is 1. The average Bonchev–Trinajstić information content (AvgIpc) is 3.29. The number of thioether (sulfide) groups is 1. The lowest BCUT2D eigenvalue weighted by Gasteiger charge is -2.16. The maximum absolute atomic E-state index is 13.2. The second-order valence-electron chi connectivity index (χ2n) is 7.72. The van der Waals surface area contributed by atoms with E-state index in [1.54, 1.807) is 17.8 Å². The molecule has 0 unspecified atom stereocenters. The van der Waals surface area contributed by atoms with Gasteiger partial charge in [-0.2, -0.15) is 43.2 Å². The highest BCUT2D eigenvalue weighted by Crippen LogP contribution is 2.38. The molecule has 3 aromatic rings. The summed E-state index contributed by atoms with van der Waals surface area (Å²) in [6, 6.07) is 6.37. The van der Waals surface area contributed by atoms with E-state index in [0.29, 0.717) is 40.6 Å². The number of hydrogen-bond acceptors (Lipinski definition) is 3. The van der Waals surface area contributed by atoms with E-state index in [1.807, 2.05) is 26.0 Å². The van der Waals surface area contributed by atoms with Gasteiger partial charge in [0.15, 0.2) is 0 Å². The first-order chi connectivity index (χ1) is 15.3. The predicted molar refractivity (Wildman–Crippen MR) is 112 cm³/mol. The van der Waals surface area contributed by atoms with Crippen molar-refractivity contribution in [3.63, 3.8) is 0 Å². The van der Waals surface area contributed by atoms with Crippen LogP contribution in [0.5, 0.6) is 0 Å². The molecule has 2 heterocycles. The van der Waals surface area contributed by atoms with Gasteiger partial charge in [0, 0.05) is 22.6 Å². The summed E-state index contributed by atoms with van der Waals surface area (Å²) >= 11 is 1.54. The van der Waals surface area contributed by atoms with Gasteiger partial charge in [-0.15, -0.1) is 0 Å². The number of hydrogen-bond donors (Lipinski definition) is 1. The summed E-state index contributed by atoms with van der Waals surface area (Å²) in [5.41, 5.74) is 0.0441. The molecule has 0 saturated heterocycles. The third kappa shape index (κ3) is 4.59. The third-order valence-electron chi connectivity index (χ3n) is 5.21. The summed E-state index contributed by atoms with van der Waals surface area (Å²) in [5.74, 6) is 0.236. The minimum atomic E-state index is -5.05. The van der Waals surface area contributed by atoms with Gasteiger partial charge in [0.05, 0.1) is 22.5 Å². The number of fused-ring (bicyclic) bond motifs is 1. The second kappa shape index (κ2) is 8.12. The minimum Gasteiger partial charge on any atom is -0.306 e. The number of carbonyl (C=O) groups excluding carboxylic acids is 1. The third-order valence-corrected chi connectivity index (χ3v) is 6.18. The summed E-state index contributed by atoms with van der Waals surface area (Å²) in [4.78, 5) is 12.9. The minimum absolute atomic E-state index is 0.00889. The molecule has 0 saturated carbocycles. The fraction of sp³-hybridized carbons (Fsp3) is 0.273. The summed E-state index contributed by atoms with van der Waals surface area (Å²) in [7, 11) is 0. The van der Waals surface area contributed by atoms with Gasteiger partial charge in [0.1, 0.15) is 5.82 Å². The number of carbonyl (C=O) groups is 1. The molecule has 1 N–H and O–H groups in total. The standard InChI is InChI=1S/C22H17F6N3OS/c1-11-3-4-18(12(2)5-11)31-19(16-9-33-10-17(16)30-31)29-20(32)13-6-14(21(23,24)25)8-15(7-13)22(26,27)28/h3-8H,9-10H2,1-2H3,(H,29,32). The van der Waals surface area contributed by atoms with E-state index in [1.165, 1.54) is 4.68 Å². The maximum atomic E-state index is 13.2. The number of alkyl halides is 6. The Morgan fingerprint density at radius 3 is 2.18 bits per heavy atom. The SMILES string of the molecule is Cc1ccc(-n2nc3c(c2NC(=O)c2cc(C(F)(F)F)cc(C(F)(F)F)c2)CSC3)c(C)c1. The van der Waals surface area contributed by atoms with E-state index in [2.05, 4.69) is 10.4 Å². The van der Waals surface area contributed by atoms with Gasteiger partial charge in [-0.25, -0.2) is 4.68 Å². The van der Waals surface area contributed by atoms with Crippen molar-refractivity contribution in [2.75, 3.05) is 5.32 Å². The molecule has 2 aromatic carbocycles. The lowest BCUT2D eigenvalue weighted by atomic mass is 10.0. The van der Waals surface area contributed by atoms with Gasteiger partial charge in [-0.3, -0.25) is 4.79 Å². The zero-order chi connectivity index (χ0) is 24.1. The molecule has 1 aliphatic rings. The Morgan fingerprint density at radius 1 is 0.970 bits per heavy atom. The van der Waals surface area contributed by atoms with Crippen molar-refractivity contribution in [2.45, 2.75) is 37.7 Å². The Kier molecular flexibility index (Phi) is 5.71. The number of anilines is 1. The van der Waals surface area contributed by atoms with Crippen molar-refractivity contribution in [3.8, 4) is 5.69 Å². The van der Waals surface area contributed by atoms with Crippen LogP contribution in [-0.2, 0) is 23.9 Å². The van der Waals surface area contributed by atoms with Crippen LogP contribution in [-0.4, -0.2) is 15.7 Å². The molecule has 0 radical (unpaired) electrons. The van der Waals surface area contributed by atoms with Crippen molar-refractivity contribution < 1.29 is 31.1 Å². The molecule has 0 bridgehead atoms. The first-order valence-corrected chi connectivity index (χ1v) is 10.9. The van der Waals surface area contributed by atoms with Crippen molar-refractivity contribution in [1.29, 1.82) is 0 Å². The van der Waals surface area contributed by atoms with Gasteiger partial charge in [0.2, 0.25) is 0 Å². The molecule has 1 amide bonds. The number of nitrogens with zero attached hydrogens (tertiary/aromatic N) is 2. The number of aromatic nitrogens is 2. The van der Waals surface area contributed by atoms with Crippen LogP contribution in [0.3, 0.4) is 0 Å². The predicted octanol–water partition coefficient (Wildman–Crippen LogP) is 6.53. The summed E-state index contributed by atoms with van der Waals surface area (Å²) in [6.45, 7) is 3.75. The van der Waals surface area contributed by atoms with Gasteiger partial charge in [0.25, 0.3) is 5.91 Å². The lowest BCUT2D eigenvalue weighted by molar-refractivity contribution is -0.143. The number of aryl methyl sites for hydroxylation is 2. The van der Waals surface area contributed by atoms with Crippen molar-refractivity contribution in [1.82, 2.24) is 9.78 Å². The Labute approximate surface area is 189 Å². The van der Waals surface area contributed by atoms with Crippen LogP contribution < -0.4 is 5.32 Å². The molecule has 0 atom stereocenters. The van der Waals surface area contributed by atoms with Gasteiger partial charge in [-0.05, 0) is 43.7 Å². The molecule has 4 nitrogen and oxygen atoms in total. The van der Waals surface area contributed by atoms with E-state index in [0.717, 1.165) is 11.1 Å². The first kappa shape index (κ1) is 23.2. The van der Waals surface area contributed by atoms with Crippen LogP contribution in [0, 0.1) is 13.8 Å². The summed E-state index contributed by atoms with van der Waals surface area (Å²) in [6.07, 6.45) is -10.1. The number of rotatable bonds is 3. The fourth-order valence-electron chi connectivity index (χ4n) is 3.62. The first-order valence-electron chi connectivity index (χ1n) is 9.71. The summed E-state index contributed by atoms with van der Waals surface area (Å²) < 4.78 is 80.7. The maximum Gasteiger partial charge on any atom is 0.416 e. The molecule has 33 heavy (non-hydrogen) atoms. The van der Waals surface area contributed by atoms with Crippen LogP contribution in [0.1, 0.15) is 43.9 Å². The van der Waals surface area contributed by atoms with Crippen molar-refractivity contribution in [2.24, 2.45) is 0 Å². The molecule has 174 valence electrons. The van der Waals surface area contributed by atoms with Crippen LogP contribution in [0.15, 0.2) is 36.4 Å². The van der Waals surface area contributed by atoms with Gasteiger partial charge < -0.3 is 5.32 Å². The van der Waals surface area contributed by atoms with Crippen molar-refractivity contribution >= 4 is 23.5 Å². The molecular formula is C22H17F6N3OS. The van der Waals surface area contributed by atoms with Gasteiger partial charge >= 0.3 is 12.4 Å². The lowest BCUT2D eigenvalue weighted by Crippen LogP contribution is -2.19. The number of amides is 1. The van der Waals surface area contributed by atoms with Gasteiger partial charge in [-0.1, -0.05) is 17.7 Å². The van der Waals surface area contributed by atoms with Crippen LogP contribution in [0.2, 0.25) is 0 Å². The van der Waals surface area contributed by atoms with Crippen molar-refractivity contribution in [3.05, 3.63) is 75.5 Å². The quantitative estimate of drug-likeness (QED) is 0.430.